The maximum absolute atomic E-state index is 12.6. The van der Waals surface area contributed by atoms with Gasteiger partial charge in [-0.25, -0.2) is 9.67 Å². The maximum atomic E-state index is 12.6. The Balaban J connectivity index is 1.84. The molecule has 136 valence electrons. The van der Waals surface area contributed by atoms with Gasteiger partial charge in [0.15, 0.2) is 11.5 Å². The molecule has 0 saturated carbocycles. The molecule has 0 atom stereocenters. The number of carbonyl (C=O) groups excluding carboxylic acids is 1. The van der Waals surface area contributed by atoms with E-state index < -0.39 is 0 Å². The van der Waals surface area contributed by atoms with E-state index in [9.17, 15) is 4.79 Å². The highest BCUT2D eigenvalue weighted by Gasteiger charge is 2.17. The van der Waals surface area contributed by atoms with Crippen molar-refractivity contribution < 1.29 is 4.79 Å². The van der Waals surface area contributed by atoms with Crippen LogP contribution in [0.25, 0.3) is 21.9 Å². The molecule has 27 heavy (non-hydrogen) atoms. The molecule has 0 spiro atoms. The van der Waals surface area contributed by atoms with Gasteiger partial charge in [0.2, 0.25) is 0 Å². The molecule has 0 radical (unpaired) electrons. The molecule has 0 aliphatic rings. The van der Waals surface area contributed by atoms with Crippen LogP contribution in [0.5, 0.6) is 0 Å². The van der Waals surface area contributed by atoms with Crippen LogP contribution >= 0.6 is 0 Å². The van der Waals surface area contributed by atoms with Crippen LogP contribution in [0.1, 0.15) is 29.8 Å². The van der Waals surface area contributed by atoms with Crippen LogP contribution in [0.15, 0.2) is 48.8 Å². The number of nitrogens with one attached hydrogen (secondary N) is 1. The molecule has 0 aliphatic heterocycles. The van der Waals surface area contributed by atoms with Crippen molar-refractivity contribution in [2.75, 3.05) is 5.32 Å². The predicted molar refractivity (Wildman–Crippen MR) is 107 cm³/mol. The third kappa shape index (κ3) is 3.38. The lowest BCUT2D eigenvalue weighted by atomic mass is 10.1. The van der Waals surface area contributed by atoms with Crippen LogP contribution in [0.3, 0.4) is 0 Å². The first kappa shape index (κ1) is 17.1. The van der Waals surface area contributed by atoms with Crippen LogP contribution in [0.4, 0.5) is 5.82 Å². The highest BCUT2D eigenvalue weighted by atomic mass is 16.1. The summed E-state index contributed by atoms with van der Waals surface area (Å²) in [5, 5.41) is 9.42. The predicted octanol–water partition coefficient (Wildman–Crippen LogP) is 4.20. The fourth-order valence-electron chi connectivity index (χ4n) is 3.10. The number of amides is 1. The fourth-order valence-corrected chi connectivity index (χ4v) is 3.10. The van der Waals surface area contributed by atoms with E-state index in [0.717, 1.165) is 34.0 Å². The molecule has 1 amide bonds. The van der Waals surface area contributed by atoms with Crippen molar-refractivity contribution in [1.82, 2.24) is 19.7 Å². The van der Waals surface area contributed by atoms with Crippen LogP contribution in [0, 0.1) is 12.8 Å². The Bertz CT molecular complexity index is 1130. The Labute approximate surface area is 157 Å². The van der Waals surface area contributed by atoms with Gasteiger partial charge in [0.25, 0.3) is 5.91 Å². The maximum Gasteiger partial charge on any atom is 0.258 e. The van der Waals surface area contributed by atoms with E-state index >= 15 is 0 Å². The van der Waals surface area contributed by atoms with E-state index in [4.69, 9.17) is 4.98 Å². The number of hydrogen-bond acceptors (Lipinski definition) is 4. The Morgan fingerprint density at radius 1 is 1.22 bits per heavy atom. The number of aromatic nitrogens is 4. The topological polar surface area (TPSA) is 72.7 Å². The SMILES string of the molecule is Cc1ccc2cc3c(NC(=O)c4cccnc4)nn(CC(C)C)c3nc2c1. The number of hydrogen-bond donors (Lipinski definition) is 1. The molecule has 4 aromatic rings. The smallest absolute Gasteiger partial charge is 0.258 e. The first-order chi connectivity index (χ1) is 13.0. The van der Waals surface area contributed by atoms with Gasteiger partial charge in [0.05, 0.1) is 16.5 Å². The zero-order valence-electron chi connectivity index (χ0n) is 15.6. The average molecular weight is 359 g/mol. The van der Waals surface area contributed by atoms with Crippen molar-refractivity contribution in [2.24, 2.45) is 5.92 Å². The molecular weight excluding hydrogens is 338 g/mol. The van der Waals surface area contributed by atoms with Crippen LogP contribution < -0.4 is 5.32 Å². The summed E-state index contributed by atoms with van der Waals surface area (Å²) in [6.07, 6.45) is 3.18. The Kier molecular flexibility index (Phi) is 4.32. The van der Waals surface area contributed by atoms with Crippen molar-refractivity contribution in [3.05, 3.63) is 59.9 Å². The van der Waals surface area contributed by atoms with Gasteiger partial charge in [-0.15, -0.1) is 0 Å². The molecule has 3 aromatic heterocycles. The summed E-state index contributed by atoms with van der Waals surface area (Å²) in [6.45, 7) is 7.04. The summed E-state index contributed by atoms with van der Waals surface area (Å²) in [4.78, 5) is 21.4. The number of aryl methyl sites for hydroxylation is 1. The van der Waals surface area contributed by atoms with Gasteiger partial charge in [-0.3, -0.25) is 9.78 Å². The number of pyridine rings is 2. The Morgan fingerprint density at radius 3 is 2.81 bits per heavy atom. The molecule has 3 heterocycles. The number of fused-ring (bicyclic) bond motifs is 2. The van der Waals surface area contributed by atoms with Gasteiger partial charge in [0.1, 0.15) is 0 Å². The van der Waals surface area contributed by atoms with Crippen LogP contribution in [-0.2, 0) is 6.54 Å². The highest BCUT2D eigenvalue weighted by Crippen LogP contribution is 2.27. The van der Waals surface area contributed by atoms with Gasteiger partial charge in [-0.05, 0) is 42.7 Å². The van der Waals surface area contributed by atoms with E-state index in [0.29, 0.717) is 17.3 Å². The van der Waals surface area contributed by atoms with E-state index in [1.807, 2.05) is 16.8 Å². The molecule has 6 heteroatoms. The van der Waals surface area contributed by atoms with E-state index in [1.54, 1.807) is 24.5 Å². The zero-order valence-corrected chi connectivity index (χ0v) is 15.6. The third-order valence-electron chi connectivity index (χ3n) is 4.37. The Hall–Kier alpha value is -3.28. The van der Waals surface area contributed by atoms with E-state index in [1.165, 1.54) is 0 Å². The monoisotopic (exact) mass is 359 g/mol. The molecule has 1 N–H and O–H groups in total. The largest absolute Gasteiger partial charge is 0.304 e. The number of rotatable bonds is 4. The molecular formula is C21H21N5O. The number of carbonyl (C=O) groups is 1. The van der Waals surface area contributed by atoms with Crippen molar-refractivity contribution in [1.29, 1.82) is 0 Å². The molecule has 0 saturated heterocycles. The zero-order chi connectivity index (χ0) is 19.0. The summed E-state index contributed by atoms with van der Waals surface area (Å²) in [6, 6.07) is 11.7. The standard InChI is InChI=1S/C21H21N5O/c1-13(2)12-26-20-17(10-15-7-6-14(3)9-18(15)23-20)19(25-26)24-21(27)16-5-4-8-22-11-16/h4-11,13H,12H2,1-3H3,(H,24,25,27). The minimum atomic E-state index is -0.233. The summed E-state index contributed by atoms with van der Waals surface area (Å²) in [7, 11) is 0. The second-order valence-electron chi connectivity index (χ2n) is 7.18. The molecule has 6 nitrogen and oxygen atoms in total. The minimum Gasteiger partial charge on any atom is -0.304 e. The summed E-state index contributed by atoms with van der Waals surface area (Å²) < 4.78 is 1.88. The van der Waals surface area contributed by atoms with Gasteiger partial charge in [-0.2, -0.15) is 5.10 Å². The number of benzene rings is 1. The second kappa shape index (κ2) is 6.79. The fraction of sp³-hybridized carbons (Fsp3) is 0.238. The van der Waals surface area contributed by atoms with Gasteiger partial charge >= 0.3 is 0 Å². The molecule has 0 aliphatic carbocycles. The lowest BCUT2D eigenvalue weighted by molar-refractivity contribution is 0.102. The molecule has 1 aromatic carbocycles. The normalized spacial score (nSPS) is 11.4. The van der Waals surface area contributed by atoms with E-state index in [2.05, 4.69) is 48.3 Å². The van der Waals surface area contributed by atoms with Crippen LogP contribution in [0.2, 0.25) is 0 Å². The quantitative estimate of drug-likeness (QED) is 0.593. The lowest BCUT2D eigenvalue weighted by Crippen LogP contribution is -2.13. The van der Waals surface area contributed by atoms with Crippen molar-refractivity contribution in [2.45, 2.75) is 27.3 Å². The highest BCUT2D eigenvalue weighted by molar-refractivity contribution is 6.08. The molecule has 0 bridgehead atoms. The van der Waals surface area contributed by atoms with Gasteiger partial charge < -0.3 is 5.32 Å². The first-order valence-electron chi connectivity index (χ1n) is 9.00. The lowest BCUT2D eigenvalue weighted by Gasteiger charge is -2.06. The molecule has 4 rings (SSSR count). The summed E-state index contributed by atoms with van der Waals surface area (Å²) in [5.74, 6) is 0.697. The molecule has 0 unspecified atom stereocenters. The van der Waals surface area contributed by atoms with Crippen molar-refractivity contribution in [3.8, 4) is 0 Å². The summed E-state index contributed by atoms with van der Waals surface area (Å²) in [5.41, 5.74) is 3.36. The van der Waals surface area contributed by atoms with Crippen LogP contribution in [-0.4, -0.2) is 25.7 Å². The van der Waals surface area contributed by atoms with Crippen molar-refractivity contribution >= 4 is 33.7 Å². The molecule has 0 fully saturated rings. The minimum absolute atomic E-state index is 0.233. The van der Waals surface area contributed by atoms with E-state index in [-0.39, 0.29) is 5.91 Å². The van der Waals surface area contributed by atoms with Crippen molar-refractivity contribution in [3.63, 3.8) is 0 Å². The second-order valence-corrected chi connectivity index (χ2v) is 7.18. The average Bonchev–Trinajstić information content (AvgIpc) is 2.96. The third-order valence-corrected chi connectivity index (χ3v) is 4.37. The first-order valence-corrected chi connectivity index (χ1v) is 9.00. The number of anilines is 1. The van der Waals surface area contributed by atoms with Gasteiger partial charge in [-0.1, -0.05) is 26.0 Å². The van der Waals surface area contributed by atoms with Gasteiger partial charge in [0, 0.05) is 24.3 Å². The summed E-state index contributed by atoms with van der Waals surface area (Å²) >= 11 is 0. The Morgan fingerprint density at radius 2 is 2.07 bits per heavy atom. The number of nitrogens with zero attached hydrogens (tertiary/aromatic N) is 4.